The number of hydrogen-bond donors (Lipinski definition) is 0. The fourth-order valence-electron chi connectivity index (χ4n) is 4.84. The van der Waals surface area contributed by atoms with Crippen LogP contribution in [0.2, 0.25) is 0 Å². The van der Waals surface area contributed by atoms with Crippen LogP contribution in [0.3, 0.4) is 0 Å². The van der Waals surface area contributed by atoms with Crippen LogP contribution in [0.1, 0.15) is 17.0 Å². The number of anilines is 1. The van der Waals surface area contributed by atoms with Gasteiger partial charge in [0.15, 0.2) is 0 Å². The van der Waals surface area contributed by atoms with Crippen LogP contribution in [-0.4, -0.2) is 27.4 Å². The third kappa shape index (κ3) is 2.54. The molecule has 1 aromatic heterocycles. The molecule has 2 aliphatic carbocycles. The van der Waals surface area contributed by atoms with E-state index in [-0.39, 0.29) is 56.7 Å². The summed E-state index contributed by atoms with van der Waals surface area (Å²) in [6.45, 7) is 0. The van der Waals surface area contributed by atoms with Gasteiger partial charge in [0, 0.05) is 15.7 Å². The van der Waals surface area contributed by atoms with Crippen molar-refractivity contribution in [3.8, 4) is 5.75 Å². The number of alkyl halides is 2. The Morgan fingerprint density at radius 1 is 1.04 bits per heavy atom. The molecule has 2 saturated carbocycles. The average Bonchev–Trinajstić information content (AvgIpc) is 3.43. The molecule has 6 nitrogen and oxygen atoms in total. The van der Waals surface area contributed by atoms with Gasteiger partial charge in [-0.3, -0.25) is 9.59 Å². The van der Waals surface area contributed by atoms with Gasteiger partial charge in [-0.05, 0) is 42.5 Å². The molecule has 0 unspecified atom stereocenters. The van der Waals surface area contributed by atoms with Gasteiger partial charge in [0.25, 0.3) is 0 Å². The number of furan rings is 1. The summed E-state index contributed by atoms with van der Waals surface area (Å²) in [5, 5.41) is 0. The minimum absolute atomic E-state index is 0.0801. The van der Waals surface area contributed by atoms with Crippen LogP contribution in [0.5, 0.6) is 5.75 Å². The molecular weight excluding hydrogens is 494 g/mol. The minimum atomic E-state index is -0.639. The first kappa shape index (κ1) is 18.1. The number of carbonyl (C=O) groups is 3. The van der Waals surface area contributed by atoms with Gasteiger partial charge in [0.05, 0.1) is 23.8 Å². The topological polar surface area (TPSA) is 76.8 Å². The van der Waals surface area contributed by atoms with Crippen LogP contribution >= 0.6 is 31.9 Å². The summed E-state index contributed by atoms with van der Waals surface area (Å²) in [6, 6.07) is 9.57. The number of fused-ring (bicyclic) bond motifs is 5. The summed E-state index contributed by atoms with van der Waals surface area (Å²) in [7, 11) is 0. The second kappa shape index (κ2) is 6.56. The van der Waals surface area contributed by atoms with Crippen LogP contribution in [0.25, 0.3) is 0 Å². The Bertz CT molecular complexity index is 943. The smallest absolute Gasteiger partial charge is 0.379 e. The number of ether oxygens (including phenoxy) is 1. The van der Waals surface area contributed by atoms with Gasteiger partial charge in [-0.2, -0.15) is 0 Å². The molecule has 5 rings (SSSR count). The fourth-order valence-corrected chi connectivity index (χ4v) is 6.71. The van der Waals surface area contributed by atoms with E-state index in [1.165, 1.54) is 23.3 Å². The van der Waals surface area contributed by atoms with Gasteiger partial charge < -0.3 is 9.15 Å². The van der Waals surface area contributed by atoms with E-state index in [9.17, 15) is 14.4 Å². The molecule has 3 aliphatic rings. The summed E-state index contributed by atoms with van der Waals surface area (Å²) < 4.78 is 10.3. The Hall–Kier alpha value is -1.93. The molecule has 1 aromatic carbocycles. The van der Waals surface area contributed by atoms with Crippen LogP contribution in [-0.2, 0) is 9.59 Å². The van der Waals surface area contributed by atoms with E-state index in [2.05, 4.69) is 31.9 Å². The molecule has 6 atom stereocenters. The molecule has 2 aromatic rings. The maximum atomic E-state index is 13.1. The van der Waals surface area contributed by atoms with E-state index in [1.807, 2.05) is 0 Å². The summed E-state index contributed by atoms with van der Waals surface area (Å²) in [6.07, 6.45) is 2.27. The number of carbonyl (C=O) groups excluding carboxylic acids is 3. The second-order valence-corrected chi connectivity index (χ2v) is 9.49. The van der Waals surface area contributed by atoms with E-state index >= 15 is 0 Å². The van der Waals surface area contributed by atoms with E-state index in [1.54, 1.807) is 24.3 Å². The van der Waals surface area contributed by atoms with Crippen LogP contribution in [0, 0.1) is 23.7 Å². The van der Waals surface area contributed by atoms with Crippen molar-refractivity contribution in [2.75, 3.05) is 4.90 Å². The molecule has 2 bridgehead atoms. The molecule has 0 N–H and O–H groups in total. The summed E-state index contributed by atoms with van der Waals surface area (Å²) in [5.74, 6) is -0.911. The van der Waals surface area contributed by atoms with Crippen LogP contribution in [0.4, 0.5) is 5.69 Å². The van der Waals surface area contributed by atoms with Gasteiger partial charge in [0.2, 0.25) is 17.6 Å². The number of hydrogen-bond acceptors (Lipinski definition) is 5. The quantitative estimate of drug-likeness (QED) is 0.273. The average molecular weight is 509 g/mol. The Balaban J connectivity index is 1.42. The van der Waals surface area contributed by atoms with Crippen LogP contribution < -0.4 is 9.64 Å². The van der Waals surface area contributed by atoms with Crippen molar-refractivity contribution in [2.45, 2.75) is 16.1 Å². The van der Waals surface area contributed by atoms with Crippen LogP contribution in [0.15, 0.2) is 47.1 Å². The first-order valence-electron chi connectivity index (χ1n) is 8.99. The van der Waals surface area contributed by atoms with E-state index < -0.39 is 5.97 Å². The number of halogens is 2. The standard InChI is InChI=1S/C20H15Br2NO5/c21-16-11-8-12(17(16)22)15-14(11)18(24)23(19(15)25)9-3-1-4-10(7-9)28-20(26)13-5-2-6-27-13/h1-7,11-12,14-17H,8H2/t11-,12-,14-,15+,16-,17+/m1/s1. The molecule has 0 radical (unpaired) electrons. The van der Waals surface area contributed by atoms with Gasteiger partial charge >= 0.3 is 5.97 Å². The second-order valence-electron chi connectivity index (χ2n) is 7.38. The number of esters is 1. The van der Waals surface area contributed by atoms with E-state index in [0.717, 1.165) is 6.42 Å². The zero-order valence-corrected chi connectivity index (χ0v) is 17.6. The highest BCUT2D eigenvalue weighted by Gasteiger charge is 2.66. The summed E-state index contributed by atoms with van der Waals surface area (Å²) >= 11 is 7.37. The fraction of sp³-hybridized carbons (Fsp3) is 0.350. The Morgan fingerprint density at radius 2 is 1.71 bits per heavy atom. The molecule has 1 saturated heterocycles. The van der Waals surface area contributed by atoms with Gasteiger partial charge in [0.1, 0.15) is 5.75 Å². The maximum absolute atomic E-state index is 13.1. The molecule has 28 heavy (non-hydrogen) atoms. The van der Waals surface area contributed by atoms with Crippen molar-refractivity contribution in [3.05, 3.63) is 48.4 Å². The lowest BCUT2D eigenvalue weighted by Crippen LogP contribution is -2.37. The summed E-state index contributed by atoms with van der Waals surface area (Å²) in [5.41, 5.74) is 0.422. The van der Waals surface area contributed by atoms with Crippen molar-refractivity contribution in [1.29, 1.82) is 0 Å². The predicted molar refractivity (Wildman–Crippen MR) is 107 cm³/mol. The number of rotatable bonds is 3. The Labute approximate surface area is 177 Å². The monoisotopic (exact) mass is 507 g/mol. The van der Waals surface area contributed by atoms with Crippen molar-refractivity contribution in [2.24, 2.45) is 23.7 Å². The Morgan fingerprint density at radius 3 is 2.32 bits per heavy atom. The molecule has 1 aliphatic heterocycles. The summed E-state index contributed by atoms with van der Waals surface area (Å²) in [4.78, 5) is 39.9. The minimum Gasteiger partial charge on any atom is -0.457 e. The van der Waals surface area contributed by atoms with E-state index in [4.69, 9.17) is 9.15 Å². The molecule has 0 spiro atoms. The SMILES string of the molecule is O=C(Oc1cccc(N2C(=O)[C@@H]3[C@H]4C[C@@H]([C@H](Br)[C@@H]4Br)[C@@H]3C2=O)c1)c1ccco1. The largest absolute Gasteiger partial charge is 0.457 e. The number of benzene rings is 1. The van der Waals surface area contributed by atoms with Crippen molar-refractivity contribution < 1.29 is 23.5 Å². The third-order valence-corrected chi connectivity index (χ3v) is 9.20. The lowest BCUT2D eigenvalue weighted by molar-refractivity contribution is -0.123. The third-order valence-electron chi connectivity index (χ3n) is 6.00. The van der Waals surface area contributed by atoms with Crippen molar-refractivity contribution in [1.82, 2.24) is 0 Å². The Kier molecular flexibility index (Phi) is 4.24. The van der Waals surface area contributed by atoms with E-state index in [0.29, 0.717) is 5.69 Å². The van der Waals surface area contributed by atoms with Crippen molar-refractivity contribution in [3.63, 3.8) is 0 Å². The highest BCUT2D eigenvalue weighted by molar-refractivity contribution is 9.12. The zero-order valence-electron chi connectivity index (χ0n) is 14.5. The lowest BCUT2D eigenvalue weighted by Gasteiger charge is -2.28. The van der Waals surface area contributed by atoms with Gasteiger partial charge in [-0.15, -0.1) is 0 Å². The molecule has 144 valence electrons. The lowest BCUT2D eigenvalue weighted by atomic mass is 9.81. The van der Waals surface area contributed by atoms with Gasteiger partial charge in [-0.1, -0.05) is 37.9 Å². The molecule has 8 heteroatoms. The molecule has 2 heterocycles. The normalized spacial score (nSPS) is 33.4. The van der Waals surface area contributed by atoms with Gasteiger partial charge in [-0.25, -0.2) is 9.69 Å². The van der Waals surface area contributed by atoms with Crippen molar-refractivity contribution >= 4 is 55.3 Å². The molecular formula is C20H15Br2NO5. The number of nitrogens with zero attached hydrogens (tertiary/aromatic N) is 1. The first-order valence-corrected chi connectivity index (χ1v) is 10.8. The molecule has 2 amide bonds. The highest BCUT2D eigenvalue weighted by atomic mass is 79.9. The first-order chi connectivity index (χ1) is 13.5. The number of imide groups is 1. The maximum Gasteiger partial charge on any atom is 0.379 e. The predicted octanol–water partition coefficient (Wildman–Crippen LogP) is 3.78. The number of amides is 2. The molecule has 3 fully saturated rings. The zero-order chi connectivity index (χ0) is 19.6. The highest BCUT2D eigenvalue weighted by Crippen LogP contribution is 2.60.